The summed E-state index contributed by atoms with van der Waals surface area (Å²) in [4.78, 5) is 18.4. The van der Waals surface area contributed by atoms with E-state index in [1.165, 1.54) is 6.33 Å². The first-order valence-electron chi connectivity index (χ1n) is 9.10. The molecule has 1 aliphatic rings. The number of nitrogens with one attached hydrogen (secondary N) is 1. The molecule has 4 rings (SSSR count). The smallest absolute Gasteiger partial charge is 0.238 e. The molecule has 0 radical (unpaired) electrons. The van der Waals surface area contributed by atoms with E-state index in [2.05, 4.69) is 15.4 Å². The van der Waals surface area contributed by atoms with E-state index < -0.39 is 0 Å². The number of benzene rings is 2. The van der Waals surface area contributed by atoms with Crippen molar-refractivity contribution in [2.45, 2.75) is 6.10 Å². The number of carbonyl (C=O) groups excluding carboxylic acids is 1. The number of para-hydroxylation sites is 2. The number of amides is 1. The lowest BCUT2D eigenvalue weighted by Gasteiger charge is -2.29. The molecule has 0 bridgehead atoms. The van der Waals surface area contributed by atoms with Gasteiger partial charge in [0.1, 0.15) is 25.4 Å². The Morgan fingerprint density at radius 2 is 2.14 bits per heavy atom. The third kappa shape index (κ3) is 4.67. The SMILES string of the molecule is CN(CC(=O)Nc1cc(Cl)ccc1-n1cncn1)C[C@H]1COc2ccccc2O1. The fourth-order valence-corrected chi connectivity index (χ4v) is 3.31. The molecule has 0 aliphatic carbocycles. The molecule has 0 saturated heterocycles. The highest BCUT2D eigenvalue weighted by Crippen LogP contribution is 2.31. The largest absolute Gasteiger partial charge is 0.486 e. The van der Waals surface area contributed by atoms with Crippen molar-refractivity contribution in [3.63, 3.8) is 0 Å². The van der Waals surface area contributed by atoms with Gasteiger partial charge in [0.15, 0.2) is 11.5 Å². The van der Waals surface area contributed by atoms with Crippen LogP contribution >= 0.6 is 11.6 Å². The van der Waals surface area contributed by atoms with Crippen LogP contribution in [-0.2, 0) is 4.79 Å². The maximum atomic E-state index is 12.6. The Morgan fingerprint density at radius 1 is 1.31 bits per heavy atom. The zero-order valence-corrected chi connectivity index (χ0v) is 16.5. The monoisotopic (exact) mass is 413 g/mol. The minimum atomic E-state index is -0.173. The maximum absolute atomic E-state index is 12.6. The molecule has 1 atom stereocenters. The predicted octanol–water partition coefficient (Wildman–Crippen LogP) is 2.63. The molecular weight excluding hydrogens is 394 g/mol. The van der Waals surface area contributed by atoms with E-state index >= 15 is 0 Å². The Kier molecular flexibility index (Phi) is 5.64. The zero-order chi connectivity index (χ0) is 20.2. The number of aromatic nitrogens is 3. The second-order valence-corrected chi connectivity index (χ2v) is 7.18. The summed E-state index contributed by atoms with van der Waals surface area (Å²) in [6, 6.07) is 12.8. The molecule has 0 saturated carbocycles. The summed E-state index contributed by atoms with van der Waals surface area (Å²) in [6.07, 6.45) is 2.83. The fraction of sp³-hybridized carbons (Fsp3) is 0.250. The van der Waals surface area contributed by atoms with Gasteiger partial charge in [-0.25, -0.2) is 9.67 Å². The van der Waals surface area contributed by atoms with Crippen LogP contribution in [0.2, 0.25) is 5.02 Å². The van der Waals surface area contributed by atoms with Crippen LogP contribution in [0.25, 0.3) is 5.69 Å². The zero-order valence-electron chi connectivity index (χ0n) is 15.8. The number of likely N-dealkylation sites (N-methyl/N-ethyl adjacent to an activating group) is 1. The molecule has 3 aromatic rings. The second-order valence-electron chi connectivity index (χ2n) is 6.74. The normalized spacial score (nSPS) is 15.3. The number of nitrogens with zero attached hydrogens (tertiary/aromatic N) is 4. The van der Waals surface area contributed by atoms with E-state index in [0.29, 0.717) is 29.5 Å². The number of rotatable bonds is 6. The van der Waals surface area contributed by atoms with E-state index in [1.54, 1.807) is 29.2 Å². The summed E-state index contributed by atoms with van der Waals surface area (Å²) >= 11 is 6.10. The van der Waals surface area contributed by atoms with Gasteiger partial charge in [0.25, 0.3) is 0 Å². The fourth-order valence-electron chi connectivity index (χ4n) is 3.14. The summed E-state index contributed by atoms with van der Waals surface area (Å²) in [6.45, 7) is 1.17. The second kappa shape index (κ2) is 8.50. The predicted molar refractivity (Wildman–Crippen MR) is 109 cm³/mol. The van der Waals surface area contributed by atoms with Gasteiger partial charge >= 0.3 is 0 Å². The van der Waals surface area contributed by atoms with Gasteiger partial charge in [-0.2, -0.15) is 5.10 Å². The van der Waals surface area contributed by atoms with E-state index in [0.717, 1.165) is 11.5 Å². The van der Waals surface area contributed by atoms with Crippen LogP contribution in [0, 0.1) is 0 Å². The van der Waals surface area contributed by atoms with Gasteiger partial charge < -0.3 is 14.8 Å². The quantitative estimate of drug-likeness (QED) is 0.669. The minimum Gasteiger partial charge on any atom is -0.486 e. The van der Waals surface area contributed by atoms with Crippen LogP contribution in [0.4, 0.5) is 5.69 Å². The average molecular weight is 414 g/mol. The molecule has 9 heteroatoms. The van der Waals surface area contributed by atoms with Crippen molar-refractivity contribution in [3.05, 3.63) is 60.1 Å². The van der Waals surface area contributed by atoms with Crippen LogP contribution in [0.3, 0.4) is 0 Å². The summed E-state index contributed by atoms with van der Waals surface area (Å²) < 4.78 is 13.2. The van der Waals surface area contributed by atoms with Gasteiger partial charge in [0.2, 0.25) is 5.91 Å². The Balaban J connectivity index is 1.36. The van der Waals surface area contributed by atoms with Gasteiger partial charge in [-0.3, -0.25) is 9.69 Å². The molecule has 0 fully saturated rings. The van der Waals surface area contributed by atoms with E-state index in [1.807, 2.05) is 36.2 Å². The van der Waals surface area contributed by atoms with Crippen LogP contribution in [0.5, 0.6) is 11.5 Å². The van der Waals surface area contributed by atoms with Crippen molar-refractivity contribution in [1.29, 1.82) is 0 Å². The Labute approximate surface area is 173 Å². The van der Waals surface area contributed by atoms with Crippen molar-refractivity contribution in [1.82, 2.24) is 19.7 Å². The molecule has 8 nitrogen and oxygen atoms in total. The molecule has 1 amide bonds. The first kappa shape index (κ1) is 19.2. The standard InChI is InChI=1S/C20H20ClN5O3/c1-25(9-15-11-28-18-4-2-3-5-19(18)29-15)10-20(27)24-16-8-14(21)6-7-17(16)26-13-22-12-23-26/h2-8,12-13,15H,9-11H2,1H3,(H,24,27)/t15-/m0/s1. The molecule has 150 valence electrons. The third-order valence-electron chi connectivity index (χ3n) is 4.39. The molecule has 2 heterocycles. The van der Waals surface area contributed by atoms with Gasteiger partial charge in [0.05, 0.1) is 17.9 Å². The number of hydrogen-bond acceptors (Lipinski definition) is 6. The van der Waals surface area contributed by atoms with Crippen molar-refractivity contribution in [2.75, 3.05) is 32.1 Å². The molecule has 1 N–H and O–H groups in total. The van der Waals surface area contributed by atoms with Gasteiger partial charge in [-0.1, -0.05) is 23.7 Å². The molecule has 0 spiro atoms. The van der Waals surface area contributed by atoms with E-state index in [-0.39, 0.29) is 18.6 Å². The highest BCUT2D eigenvalue weighted by molar-refractivity contribution is 6.31. The van der Waals surface area contributed by atoms with Gasteiger partial charge in [-0.05, 0) is 37.4 Å². The molecule has 2 aromatic carbocycles. The lowest BCUT2D eigenvalue weighted by atomic mass is 10.2. The molecule has 1 aliphatic heterocycles. The number of hydrogen-bond donors (Lipinski definition) is 1. The lowest BCUT2D eigenvalue weighted by molar-refractivity contribution is -0.117. The summed E-state index contributed by atoms with van der Waals surface area (Å²) in [5, 5.41) is 7.53. The third-order valence-corrected chi connectivity index (χ3v) is 4.63. The number of ether oxygens (including phenoxy) is 2. The van der Waals surface area contributed by atoms with Crippen molar-refractivity contribution < 1.29 is 14.3 Å². The summed E-state index contributed by atoms with van der Waals surface area (Å²) in [5.41, 5.74) is 1.25. The lowest BCUT2D eigenvalue weighted by Crippen LogP contribution is -2.42. The first-order valence-corrected chi connectivity index (χ1v) is 9.48. The van der Waals surface area contributed by atoms with Crippen LogP contribution in [0.1, 0.15) is 0 Å². The number of fused-ring (bicyclic) bond motifs is 1. The molecule has 0 unspecified atom stereocenters. The highest BCUT2D eigenvalue weighted by Gasteiger charge is 2.23. The molecule has 29 heavy (non-hydrogen) atoms. The van der Waals surface area contributed by atoms with Crippen LogP contribution in [-0.4, -0.2) is 58.4 Å². The minimum absolute atomic E-state index is 0.153. The summed E-state index contributed by atoms with van der Waals surface area (Å²) in [7, 11) is 1.86. The van der Waals surface area contributed by atoms with Crippen LogP contribution in [0.15, 0.2) is 55.1 Å². The number of halogens is 1. The van der Waals surface area contributed by atoms with Gasteiger partial charge in [-0.15, -0.1) is 0 Å². The summed E-state index contributed by atoms with van der Waals surface area (Å²) in [5.74, 6) is 1.29. The average Bonchev–Trinajstić information content (AvgIpc) is 3.22. The molecule has 1 aromatic heterocycles. The van der Waals surface area contributed by atoms with Gasteiger partial charge in [0, 0.05) is 11.6 Å². The Hall–Kier alpha value is -3.10. The highest BCUT2D eigenvalue weighted by atomic mass is 35.5. The maximum Gasteiger partial charge on any atom is 0.238 e. The molecular formula is C20H20ClN5O3. The van der Waals surface area contributed by atoms with Crippen LogP contribution < -0.4 is 14.8 Å². The van der Waals surface area contributed by atoms with Crippen molar-refractivity contribution in [2.24, 2.45) is 0 Å². The van der Waals surface area contributed by atoms with Crippen molar-refractivity contribution >= 4 is 23.2 Å². The van der Waals surface area contributed by atoms with Crippen molar-refractivity contribution in [3.8, 4) is 17.2 Å². The number of carbonyl (C=O) groups is 1. The van der Waals surface area contributed by atoms with E-state index in [4.69, 9.17) is 21.1 Å². The number of anilines is 1. The Morgan fingerprint density at radius 3 is 2.93 bits per heavy atom. The van der Waals surface area contributed by atoms with E-state index in [9.17, 15) is 4.79 Å². The topological polar surface area (TPSA) is 81.5 Å². The first-order chi connectivity index (χ1) is 14.1. The Bertz CT molecular complexity index is 996.